The molecule has 2 atom stereocenters. The van der Waals surface area contributed by atoms with Crippen LogP contribution in [0.4, 0.5) is 0 Å². The van der Waals surface area contributed by atoms with Gasteiger partial charge in [-0.15, -0.1) is 0 Å². The molecule has 0 saturated carbocycles. The van der Waals surface area contributed by atoms with E-state index in [0.717, 1.165) is 12.2 Å². The molecule has 2 rings (SSSR count). The molecule has 1 aromatic rings. The van der Waals surface area contributed by atoms with Gasteiger partial charge in [0, 0.05) is 5.56 Å². The predicted octanol–water partition coefficient (Wildman–Crippen LogP) is 3.29. The smallest absolute Gasteiger partial charge is 0.309 e. The van der Waals surface area contributed by atoms with E-state index in [2.05, 4.69) is 0 Å². The summed E-state index contributed by atoms with van der Waals surface area (Å²) in [6.07, 6.45) is 4.47. The monoisotopic (exact) mass is 402 g/mol. The zero-order valence-corrected chi connectivity index (χ0v) is 17.2. The van der Waals surface area contributed by atoms with Crippen molar-refractivity contribution >= 4 is 17.5 Å². The van der Waals surface area contributed by atoms with Crippen LogP contribution in [-0.4, -0.2) is 40.5 Å². The fourth-order valence-electron chi connectivity index (χ4n) is 2.79. The standard InChI is InChI=1S/C22H26O7/c1-6-12(2)21(26)29-16(9-10-22(3,4)27)13-11-17(28-5)18-14(23)7-8-15(24)19(18)20(13)25/h7-12,16,25,27H,6H2,1-5H3/b10-9+. The van der Waals surface area contributed by atoms with Crippen LogP contribution in [0.2, 0.25) is 0 Å². The van der Waals surface area contributed by atoms with Gasteiger partial charge in [-0.25, -0.2) is 0 Å². The zero-order chi connectivity index (χ0) is 21.9. The van der Waals surface area contributed by atoms with Crippen LogP contribution in [0.5, 0.6) is 11.5 Å². The van der Waals surface area contributed by atoms with E-state index < -0.39 is 35.0 Å². The van der Waals surface area contributed by atoms with Gasteiger partial charge in [-0.2, -0.15) is 0 Å². The van der Waals surface area contributed by atoms with Gasteiger partial charge in [0.1, 0.15) is 17.6 Å². The van der Waals surface area contributed by atoms with E-state index in [-0.39, 0.29) is 28.4 Å². The lowest BCUT2D eigenvalue weighted by molar-refractivity contribution is -0.151. The van der Waals surface area contributed by atoms with Crippen LogP contribution in [0.1, 0.15) is 66.5 Å². The first-order valence-electron chi connectivity index (χ1n) is 9.33. The van der Waals surface area contributed by atoms with Gasteiger partial charge in [0.05, 0.1) is 29.8 Å². The number of phenols is 1. The topological polar surface area (TPSA) is 110 Å². The highest BCUT2D eigenvalue weighted by molar-refractivity contribution is 6.24. The Kier molecular flexibility index (Phi) is 6.64. The largest absolute Gasteiger partial charge is 0.507 e. The molecule has 1 aliphatic carbocycles. The molecule has 0 spiro atoms. The first-order valence-corrected chi connectivity index (χ1v) is 9.33. The van der Waals surface area contributed by atoms with Crippen molar-refractivity contribution in [2.75, 3.05) is 7.11 Å². The number of hydrogen-bond donors (Lipinski definition) is 2. The van der Waals surface area contributed by atoms with Crippen LogP contribution in [0.3, 0.4) is 0 Å². The van der Waals surface area contributed by atoms with Gasteiger partial charge in [0.25, 0.3) is 0 Å². The molecule has 0 amide bonds. The summed E-state index contributed by atoms with van der Waals surface area (Å²) in [6.45, 7) is 6.62. The lowest BCUT2D eigenvalue weighted by Crippen LogP contribution is -2.20. The summed E-state index contributed by atoms with van der Waals surface area (Å²) in [5.41, 5.74) is -1.37. The molecule has 1 aliphatic rings. The number of ether oxygens (including phenoxy) is 2. The number of rotatable bonds is 7. The van der Waals surface area contributed by atoms with E-state index in [9.17, 15) is 24.6 Å². The summed E-state index contributed by atoms with van der Waals surface area (Å²) in [5.74, 6) is -2.31. The highest BCUT2D eigenvalue weighted by atomic mass is 16.5. The normalized spacial score (nSPS) is 15.9. The maximum atomic E-state index is 12.4. The number of methoxy groups -OCH3 is 1. The van der Waals surface area contributed by atoms with E-state index >= 15 is 0 Å². The summed E-state index contributed by atoms with van der Waals surface area (Å²) in [7, 11) is 1.33. The molecule has 0 saturated heterocycles. The molecule has 1 aromatic carbocycles. The number of aromatic hydroxyl groups is 1. The van der Waals surface area contributed by atoms with Crippen molar-refractivity contribution in [2.45, 2.75) is 45.8 Å². The number of carbonyl (C=O) groups excluding carboxylic acids is 3. The summed E-state index contributed by atoms with van der Waals surface area (Å²) in [4.78, 5) is 37.0. The molecule has 7 nitrogen and oxygen atoms in total. The highest BCUT2D eigenvalue weighted by Gasteiger charge is 2.32. The number of allylic oxidation sites excluding steroid dienone is 2. The van der Waals surface area contributed by atoms with Crippen molar-refractivity contribution in [3.8, 4) is 11.5 Å². The van der Waals surface area contributed by atoms with Crippen molar-refractivity contribution < 1.29 is 34.1 Å². The molecule has 7 heteroatoms. The van der Waals surface area contributed by atoms with Crippen LogP contribution < -0.4 is 4.74 Å². The number of benzene rings is 1. The van der Waals surface area contributed by atoms with Crippen LogP contribution >= 0.6 is 0 Å². The maximum absolute atomic E-state index is 12.4. The van der Waals surface area contributed by atoms with Crippen LogP contribution in [0, 0.1) is 5.92 Å². The number of ketones is 2. The summed E-state index contributed by atoms with van der Waals surface area (Å²) in [5, 5.41) is 20.8. The Morgan fingerprint density at radius 3 is 2.31 bits per heavy atom. The van der Waals surface area contributed by atoms with Gasteiger partial charge in [-0.05, 0) is 44.6 Å². The minimum atomic E-state index is -1.20. The molecule has 0 bridgehead atoms. The fourth-order valence-corrected chi connectivity index (χ4v) is 2.79. The third-order valence-corrected chi connectivity index (χ3v) is 4.64. The molecule has 2 N–H and O–H groups in total. The van der Waals surface area contributed by atoms with E-state index in [0.29, 0.717) is 6.42 Å². The predicted molar refractivity (Wildman–Crippen MR) is 106 cm³/mol. The van der Waals surface area contributed by atoms with Gasteiger partial charge in [0.15, 0.2) is 11.6 Å². The van der Waals surface area contributed by atoms with Gasteiger partial charge in [-0.3, -0.25) is 14.4 Å². The average Bonchev–Trinajstić information content (AvgIpc) is 2.66. The van der Waals surface area contributed by atoms with E-state index in [1.165, 1.54) is 39.2 Å². The summed E-state index contributed by atoms with van der Waals surface area (Å²) in [6, 6.07) is 1.36. The first-order chi connectivity index (χ1) is 13.5. The van der Waals surface area contributed by atoms with Gasteiger partial charge >= 0.3 is 5.97 Å². The first kappa shape index (κ1) is 22.4. The van der Waals surface area contributed by atoms with Crippen molar-refractivity contribution in [3.05, 3.63) is 47.1 Å². The van der Waals surface area contributed by atoms with Crippen LogP contribution in [0.25, 0.3) is 0 Å². The number of phenolic OH excluding ortho intramolecular Hbond substituents is 1. The second kappa shape index (κ2) is 8.61. The van der Waals surface area contributed by atoms with E-state index in [4.69, 9.17) is 9.47 Å². The Balaban J connectivity index is 2.65. The Bertz CT molecular complexity index is 887. The van der Waals surface area contributed by atoms with Crippen molar-refractivity contribution in [1.29, 1.82) is 0 Å². The van der Waals surface area contributed by atoms with Gasteiger partial charge < -0.3 is 19.7 Å². The third kappa shape index (κ3) is 4.92. The second-order valence-electron chi connectivity index (χ2n) is 7.51. The molecule has 2 unspecified atom stereocenters. The molecular weight excluding hydrogens is 376 g/mol. The molecule has 0 radical (unpaired) electrons. The minimum absolute atomic E-state index is 0.0419. The van der Waals surface area contributed by atoms with Crippen LogP contribution in [-0.2, 0) is 9.53 Å². The van der Waals surface area contributed by atoms with E-state index in [1.807, 2.05) is 6.92 Å². The molecule has 0 aliphatic heterocycles. The highest BCUT2D eigenvalue weighted by Crippen LogP contribution is 2.41. The zero-order valence-electron chi connectivity index (χ0n) is 17.2. The van der Waals surface area contributed by atoms with Crippen LogP contribution in [0.15, 0.2) is 30.4 Å². The Morgan fingerprint density at radius 2 is 1.79 bits per heavy atom. The Hall–Kier alpha value is -2.93. The fraction of sp³-hybridized carbons (Fsp3) is 0.409. The third-order valence-electron chi connectivity index (χ3n) is 4.64. The number of hydrogen-bond acceptors (Lipinski definition) is 7. The average molecular weight is 402 g/mol. The number of esters is 1. The Labute approximate surface area is 169 Å². The van der Waals surface area contributed by atoms with Crippen molar-refractivity contribution in [1.82, 2.24) is 0 Å². The molecule has 156 valence electrons. The quantitative estimate of drug-likeness (QED) is 0.532. The van der Waals surface area contributed by atoms with Gasteiger partial charge in [-0.1, -0.05) is 19.9 Å². The SMILES string of the molecule is CCC(C)C(=O)OC(/C=C/C(C)(C)O)c1cc(OC)c2c(c1O)C(=O)C=CC2=O. The lowest BCUT2D eigenvalue weighted by Gasteiger charge is -2.23. The molecule has 0 aromatic heterocycles. The number of fused-ring (bicyclic) bond motifs is 1. The summed E-state index contributed by atoms with van der Waals surface area (Å²) < 4.78 is 10.8. The lowest BCUT2D eigenvalue weighted by atomic mass is 9.89. The number of carbonyl (C=O) groups is 3. The summed E-state index contributed by atoms with van der Waals surface area (Å²) >= 11 is 0. The van der Waals surface area contributed by atoms with E-state index in [1.54, 1.807) is 6.92 Å². The minimum Gasteiger partial charge on any atom is -0.507 e. The van der Waals surface area contributed by atoms with Crippen molar-refractivity contribution in [3.63, 3.8) is 0 Å². The Morgan fingerprint density at radius 1 is 1.21 bits per heavy atom. The van der Waals surface area contributed by atoms with Gasteiger partial charge in [0.2, 0.25) is 0 Å². The molecule has 29 heavy (non-hydrogen) atoms. The molecular formula is C22H26O7. The molecule has 0 heterocycles. The second-order valence-corrected chi connectivity index (χ2v) is 7.51. The number of aliphatic hydroxyl groups is 1. The molecule has 0 fully saturated rings. The maximum Gasteiger partial charge on any atom is 0.309 e. The van der Waals surface area contributed by atoms with Crippen molar-refractivity contribution in [2.24, 2.45) is 5.92 Å².